The molecule has 2 bridgehead atoms. The van der Waals surface area contributed by atoms with E-state index in [9.17, 15) is 22.6 Å². The molecule has 0 fully saturated rings. The third-order valence-electron chi connectivity index (χ3n) is 8.27. The normalized spacial score (nSPS) is 20.7. The van der Waals surface area contributed by atoms with Gasteiger partial charge >= 0.3 is 11.9 Å². The van der Waals surface area contributed by atoms with Crippen molar-refractivity contribution < 1.29 is 36.8 Å². The molecular formula is C31H30O8S. The van der Waals surface area contributed by atoms with Gasteiger partial charge in [-0.1, -0.05) is 48.5 Å². The summed E-state index contributed by atoms with van der Waals surface area (Å²) in [6.07, 6.45) is 3.50. The predicted octanol–water partition coefficient (Wildman–Crippen LogP) is 4.57. The highest BCUT2D eigenvalue weighted by atomic mass is 32.2. The van der Waals surface area contributed by atoms with Gasteiger partial charge in [-0.25, -0.2) is 9.59 Å². The lowest BCUT2D eigenvalue weighted by atomic mass is 9.59. The molecule has 4 aliphatic carbocycles. The third-order valence-corrected chi connectivity index (χ3v) is 9.21. The Labute approximate surface area is 233 Å². The summed E-state index contributed by atoms with van der Waals surface area (Å²) in [4.78, 5) is 24.7. The quantitative estimate of drug-likeness (QED) is 0.241. The monoisotopic (exact) mass is 562 g/mol. The Hall–Kier alpha value is -3.53. The van der Waals surface area contributed by atoms with E-state index in [-0.39, 0.29) is 41.6 Å². The summed E-state index contributed by atoms with van der Waals surface area (Å²) in [6.45, 7) is -0.579. The van der Waals surface area contributed by atoms with Gasteiger partial charge in [-0.3, -0.25) is 4.55 Å². The Kier molecular flexibility index (Phi) is 7.20. The maximum atomic E-state index is 12.5. The van der Waals surface area contributed by atoms with E-state index in [0.717, 1.165) is 19.3 Å². The molecule has 0 spiro atoms. The van der Waals surface area contributed by atoms with Crippen LogP contribution < -0.4 is 4.74 Å². The van der Waals surface area contributed by atoms with Crippen LogP contribution in [-0.2, 0) is 42.0 Å². The average molecular weight is 563 g/mol. The molecule has 0 radical (unpaired) electrons. The second-order valence-electron chi connectivity index (χ2n) is 10.6. The molecule has 0 amide bonds. The highest BCUT2D eigenvalue weighted by Gasteiger charge is 2.43. The van der Waals surface area contributed by atoms with Crippen LogP contribution in [0.15, 0.2) is 65.6 Å². The van der Waals surface area contributed by atoms with E-state index >= 15 is 0 Å². The first kappa shape index (κ1) is 26.7. The van der Waals surface area contributed by atoms with Gasteiger partial charge in [-0.15, -0.1) is 0 Å². The zero-order valence-electron chi connectivity index (χ0n) is 21.9. The van der Waals surface area contributed by atoms with Gasteiger partial charge in [-0.05, 0) is 77.6 Å². The molecular weight excluding hydrogens is 532 g/mol. The van der Waals surface area contributed by atoms with Crippen molar-refractivity contribution in [3.05, 3.63) is 94.0 Å². The zero-order chi connectivity index (χ0) is 27.9. The first-order chi connectivity index (χ1) is 19.3. The second kappa shape index (κ2) is 10.8. The molecule has 0 aromatic heterocycles. The minimum atomic E-state index is -4.38. The van der Waals surface area contributed by atoms with Gasteiger partial charge in [0.05, 0.1) is 11.5 Å². The molecule has 4 aliphatic rings. The number of rotatable bonds is 8. The van der Waals surface area contributed by atoms with Crippen LogP contribution in [-0.4, -0.2) is 44.7 Å². The molecule has 208 valence electrons. The predicted molar refractivity (Wildman–Crippen MR) is 145 cm³/mol. The fraction of sp³-hybridized carbons (Fsp3) is 0.355. The molecule has 3 aromatic rings. The lowest BCUT2D eigenvalue weighted by Crippen LogP contribution is -2.35. The highest BCUT2D eigenvalue weighted by molar-refractivity contribution is 7.85. The lowest BCUT2D eigenvalue weighted by molar-refractivity contribution is -0.153. The zero-order valence-corrected chi connectivity index (χ0v) is 22.7. The summed E-state index contributed by atoms with van der Waals surface area (Å²) in [5, 5.41) is 0. The SMILES string of the molecule is O=C(COCC(=O)Oc1ccc(S(=O)(=O)O)c2c1CCCC2)OCC1CC2c3ccccc3C1c1ccccc12. The van der Waals surface area contributed by atoms with Gasteiger partial charge < -0.3 is 14.2 Å². The summed E-state index contributed by atoms with van der Waals surface area (Å²) >= 11 is 0. The first-order valence-electron chi connectivity index (χ1n) is 13.5. The van der Waals surface area contributed by atoms with E-state index in [1.807, 2.05) is 0 Å². The van der Waals surface area contributed by atoms with Crippen LogP contribution in [0, 0.1) is 5.92 Å². The lowest BCUT2D eigenvalue weighted by Gasteiger charge is -2.45. The fourth-order valence-corrected chi connectivity index (χ4v) is 7.45. The van der Waals surface area contributed by atoms with Crippen molar-refractivity contribution in [1.82, 2.24) is 0 Å². The van der Waals surface area contributed by atoms with Gasteiger partial charge in [0.15, 0.2) is 0 Å². The third kappa shape index (κ3) is 5.05. The number of fused-ring (bicyclic) bond motifs is 2. The number of ether oxygens (including phenoxy) is 3. The largest absolute Gasteiger partial charge is 0.464 e. The Morgan fingerprint density at radius 2 is 1.40 bits per heavy atom. The van der Waals surface area contributed by atoms with E-state index in [1.54, 1.807) is 0 Å². The van der Waals surface area contributed by atoms with E-state index in [0.29, 0.717) is 24.0 Å². The Balaban J connectivity index is 1.03. The fourth-order valence-electron chi connectivity index (χ4n) is 6.67. The van der Waals surface area contributed by atoms with Crippen LogP contribution in [0.5, 0.6) is 5.75 Å². The number of esters is 2. The summed E-state index contributed by atoms with van der Waals surface area (Å²) in [7, 11) is -4.38. The van der Waals surface area contributed by atoms with Crippen molar-refractivity contribution in [3.63, 3.8) is 0 Å². The smallest absolute Gasteiger partial charge is 0.337 e. The van der Waals surface area contributed by atoms with Crippen LogP contribution in [0.4, 0.5) is 0 Å². The standard InChI is InChI=1S/C31H30O8S/c32-29(17-37-18-30(33)39-27-13-14-28(40(34,35)36)23-10-4-3-9-22(23)27)38-16-19-15-26-20-7-1-5-11-24(20)31(19)25-12-6-2-8-21(25)26/h1-2,5-8,11-14,19,26,31H,3-4,9-10,15-18H2,(H,34,35,36). The first-order valence-corrected chi connectivity index (χ1v) is 15.0. The van der Waals surface area contributed by atoms with Gasteiger partial charge in [-0.2, -0.15) is 8.42 Å². The van der Waals surface area contributed by atoms with Crippen molar-refractivity contribution in [2.45, 2.75) is 48.8 Å². The van der Waals surface area contributed by atoms with Gasteiger partial charge in [0.25, 0.3) is 10.1 Å². The molecule has 0 aliphatic heterocycles. The Morgan fingerprint density at radius 3 is 2.05 bits per heavy atom. The molecule has 1 N–H and O–H groups in total. The average Bonchev–Trinajstić information content (AvgIpc) is 2.96. The Morgan fingerprint density at radius 1 is 0.800 bits per heavy atom. The van der Waals surface area contributed by atoms with Crippen molar-refractivity contribution >= 4 is 22.1 Å². The maximum absolute atomic E-state index is 12.5. The molecule has 0 saturated carbocycles. The van der Waals surface area contributed by atoms with Gasteiger partial charge in [0.1, 0.15) is 19.0 Å². The summed E-state index contributed by atoms with van der Waals surface area (Å²) < 4.78 is 49.3. The van der Waals surface area contributed by atoms with Crippen molar-refractivity contribution in [2.75, 3.05) is 19.8 Å². The van der Waals surface area contributed by atoms with Crippen molar-refractivity contribution in [1.29, 1.82) is 0 Å². The topological polar surface area (TPSA) is 116 Å². The number of carbonyl (C=O) groups is 2. The van der Waals surface area contributed by atoms with Crippen molar-refractivity contribution in [2.24, 2.45) is 5.92 Å². The van der Waals surface area contributed by atoms with Crippen LogP contribution in [0.25, 0.3) is 0 Å². The molecule has 3 aromatic carbocycles. The molecule has 8 nitrogen and oxygen atoms in total. The number of benzene rings is 3. The van der Waals surface area contributed by atoms with E-state index < -0.39 is 28.7 Å². The van der Waals surface area contributed by atoms with Crippen LogP contribution in [0.3, 0.4) is 0 Å². The molecule has 9 heteroatoms. The van der Waals surface area contributed by atoms with E-state index in [4.69, 9.17) is 14.2 Å². The minimum absolute atomic E-state index is 0.153. The van der Waals surface area contributed by atoms with E-state index in [1.165, 1.54) is 34.4 Å². The van der Waals surface area contributed by atoms with E-state index in [2.05, 4.69) is 48.5 Å². The number of hydrogen-bond acceptors (Lipinski definition) is 7. The van der Waals surface area contributed by atoms with Crippen LogP contribution in [0.2, 0.25) is 0 Å². The van der Waals surface area contributed by atoms with Crippen LogP contribution >= 0.6 is 0 Å². The van der Waals surface area contributed by atoms with Crippen molar-refractivity contribution in [3.8, 4) is 5.75 Å². The van der Waals surface area contributed by atoms with Crippen LogP contribution in [0.1, 0.15) is 64.5 Å². The molecule has 40 heavy (non-hydrogen) atoms. The molecule has 7 rings (SSSR count). The van der Waals surface area contributed by atoms with Gasteiger partial charge in [0.2, 0.25) is 0 Å². The minimum Gasteiger partial charge on any atom is -0.464 e. The maximum Gasteiger partial charge on any atom is 0.337 e. The number of carbonyl (C=O) groups excluding carboxylic acids is 2. The molecule has 0 saturated heterocycles. The number of hydrogen-bond donors (Lipinski definition) is 1. The van der Waals surface area contributed by atoms with Gasteiger partial charge in [0, 0.05) is 17.8 Å². The molecule has 1 atom stereocenters. The Bertz CT molecular complexity index is 1530. The summed E-state index contributed by atoms with van der Waals surface area (Å²) in [5.74, 6) is -0.417. The second-order valence-corrected chi connectivity index (χ2v) is 12.0. The summed E-state index contributed by atoms with van der Waals surface area (Å²) in [6, 6.07) is 19.6. The molecule has 1 unspecified atom stereocenters. The molecule has 0 heterocycles. The summed E-state index contributed by atoms with van der Waals surface area (Å²) in [5.41, 5.74) is 6.37. The highest BCUT2D eigenvalue weighted by Crippen LogP contribution is 2.55.